The molecule has 1 heterocycles. The Balaban J connectivity index is 2.54. The lowest BCUT2D eigenvalue weighted by molar-refractivity contribution is -0.142. The normalized spacial score (nSPS) is 21.9. The van der Waals surface area contributed by atoms with Gasteiger partial charge in [-0.25, -0.2) is 10.2 Å². The summed E-state index contributed by atoms with van der Waals surface area (Å²) in [6.45, 7) is 1.99. The summed E-state index contributed by atoms with van der Waals surface area (Å²) in [5.41, 5.74) is 2.86. The number of nitrogens with zero attached hydrogens (tertiary/aromatic N) is 1. The van der Waals surface area contributed by atoms with Gasteiger partial charge in [0.1, 0.15) is 5.92 Å². The third kappa shape index (κ3) is 3.41. The zero-order chi connectivity index (χ0) is 12.0. The van der Waals surface area contributed by atoms with E-state index in [-0.39, 0.29) is 18.5 Å². The molecule has 7 heteroatoms. The van der Waals surface area contributed by atoms with Crippen LogP contribution >= 0.6 is 11.8 Å². The van der Waals surface area contributed by atoms with Crippen LogP contribution in [0, 0.1) is 5.92 Å². The number of hydrogen-bond acceptors (Lipinski definition) is 6. The zero-order valence-electron chi connectivity index (χ0n) is 9.19. The van der Waals surface area contributed by atoms with Gasteiger partial charge in [-0.1, -0.05) is 0 Å². The highest BCUT2D eigenvalue weighted by atomic mass is 32.2. The highest BCUT2D eigenvalue weighted by Crippen LogP contribution is 2.22. The molecule has 1 fully saturated rings. The lowest BCUT2D eigenvalue weighted by atomic mass is 10.1. The Kier molecular flexibility index (Phi) is 5.10. The van der Waals surface area contributed by atoms with E-state index < -0.39 is 6.09 Å². The van der Waals surface area contributed by atoms with Gasteiger partial charge in [-0.3, -0.25) is 4.79 Å². The molecule has 6 nitrogen and oxygen atoms in total. The number of carbonyl (C=O) groups excluding carboxylic acids is 2. The molecule has 0 radical (unpaired) electrons. The molecule has 0 aromatic carbocycles. The van der Waals surface area contributed by atoms with Gasteiger partial charge in [0, 0.05) is 11.5 Å². The summed E-state index contributed by atoms with van der Waals surface area (Å²) in [4.78, 5) is 22.3. The van der Waals surface area contributed by atoms with Gasteiger partial charge in [0.25, 0.3) is 0 Å². The molecule has 0 bridgehead atoms. The molecule has 1 aliphatic rings. The lowest BCUT2D eigenvalue weighted by Gasteiger charge is -2.07. The van der Waals surface area contributed by atoms with Crippen molar-refractivity contribution in [1.29, 1.82) is 0 Å². The number of nitrogens with one attached hydrogen (secondary N) is 1. The van der Waals surface area contributed by atoms with Gasteiger partial charge >= 0.3 is 12.1 Å². The van der Waals surface area contributed by atoms with Crippen molar-refractivity contribution in [1.82, 2.24) is 5.43 Å². The average molecular weight is 246 g/mol. The van der Waals surface area contributed by atoms with Crippen LogP contribution < -0.4 is 5.43 Å². The van der Waals surface area contributed by atoms with Gasteiger partial charge in [0.05, 0.1) is 19.4 Å². The van der Waals surface area contributed by atoms with Gasteiger partial charge in [-0.2, -0.15) is 16.9 Å². The minimum atomic E-state index is -0.615. The van der Waals surface area contributed by atoms with Crippen molar-refractivity contribution in [3.05, 3.63) is 0 Å². The molecule has 1 rings (SSSR count). The topological polar surface area (TPSA) is 77.0 Å². The van der Waals surface area contributed by atoms with Crippen LogP contribution in [-0.2, 0) is 14.3 Å². The van der Waals surface area contributed by atoms with E-state index in [0.717, 1.165) is 0 Å². The van der Waals surface area contributed by atoms with E-state index in [1.165, 1.54) is 7.11 Å². The van der Waals surface area contributed by atoms with Gasteiger partial charge in [-0.15, -0.1) is 0 Å². The number of carbonyl (C=O) groups is 2. The summed E-state index contributed by atoms with van der Waals surface area (Å²) in [6, 6.07) is 0. The van der Waals surface area contributed by atoms with Gasteiger partial charge in [0.2, 0.25) is 0 Å². The molecule has 0 unspecified atom stereocenters. The number of amides is 1. The molecule has 0 aliphatic carbocycles. The number of hydrazone groups is 1. The van der Waals surface area contributed by atoms with Crippen LogP contribution in [-0.4, -0.2) is 43.0 Å². The van der Waals surface area contributed by atoms with Crippen LogP contribution in [0.5, 0.6) is 0 Å². The maximum absolute atomic E-state index is 11.3. The van der Waals surface area contributed by atoms with Crippen molar-refractivity contribution in [2.24, 2.45) is 11.0 Å². The fourth-order valence-electron chi connectivity index (χ4n) is 1.22. The van der Waals surface area contributed by atoms with E-state index in [1.54, 1.807) is 18.7 Å². The maximum atomic E-state index is 11.3. The second kappa shape index (κ2) is 6.37. The first-order chi connectivity index (χ1) is 7.69. The highest BCUT2D eigenvalue weighted by Gasteiger charge is 2.31. The second-order valence-electron chi connectivity index (χ2n) is 3.03. The molecule has 90 valence electrons. The van der Waals surface area contributed by atoms with Crippen LogP contribution in [0.3, 0.4) is 0 Å². The summed E-state index contributed by atoms with van der Waals surface area (Å²) in [6.07, 6.45) is -0.615. The summed E-state index contributed by atoms with van der Waals surface area (Å²) in [5.74, 6) is 0.564. The van der Waals surface area contributed by atoms with E-state index in [4.69, 9.17) is 0 Å². The third-order valence-electron chi connectivity index (χ3n) is 1.99. The Hall–Kier alpha value is -1.24. The van der Waals surface area contributed by atoms with Crippen LogP contribution in [0.4, 0.5) is 4.79 Å². The average Bonchev–Trinajstić information content (AvgIpc) is 2.74. The first kappa shape index (κ1) is 12.8. The molecule has 0 spiro atoms. The Labute approximate surface area is 97.7 Å². The van der Waals surface area contributed by atoms with Gasteiger partial charge in [0.15, 0.2) is 0 Å². The standard InChI is InChI=1S/C9H14N2O4S/c1-3-15-9(13)11-10-7-5-16-4-6(7)8(12)14-2/h6H,3-5H2,1-2H3,(H,11,13)/t6-/m0/s1. The number of methoxy groups -OCH3 is 1. The number of hydrogen-bond donors (Lipinski definition) is 1. The number of ether oxygens (including phenoxy) is 2. The van der Waals surface area contributed by atoms with E-state index in [9.17, 15) is 9.59 Å². The molecule has 0 aromatic heterocycles. The van der Waals surface area contributed by atoms with Crippen molar-refractivity contribution >= 4 is 29.5 Å². The van der Waals surface area contributed by atoms with Crippen LogP contribution in [0.15, 0.2) is 5.10 Å². The van der Waals surface area contributed by atoms with Crippen molar-refractivity contribution in [3.63, 3.8) is 0 Å². The van der Waals surface area contributed by atoms with Crippen molar-refractivity contribution in [2.75, 3.05) is 25.2 Å². The van der Waals surface area contributed by atoms with E-state index in [2.05, 4.69) is 20.0 Å². The van der Waals surface area contributed by atoms with Crippen LogP contribution in [0.1, 0.15) is 6.92 Å². The number of esters is 1. The molecule has 1 atom stereocenters. The molecule has 1 amide bonds. The Morgan fingerprint density at radius 1 is 1.62 bits per heavy atom. The van der Waals surface area contributed by atoms with Gasteiger partial charge < -0.3 is 9.47 Å². The Morgan fingerprint density at radius 2 is 2.38 bits per heavy atom. The molecule has 0 aromatic rings. The van der Waals surface area contributed by atoms with E-state index >= 15 is 0 Å². The molecule has 1 N–H and O–H groups in total. The summed E-state index contributed by atoms with van der Waals surface area (Å²) in [5, 5.41) is 3.86. The SMILES string of the molecule is CCOC(=O)NN=C1CSC[C@@H]1C(=O)OC. The Bertz CT molecular complexity index is 306. The predicted molar refractivity (Wildman–Crippen MR) is 60.4 cm³/mol. The first-order valence-corrected chi connectivity index (χ1v) is 5.99. The maximum Gasteiger partial charge on any atom is 0.427 e. The number of thioether (sulfide) groups is 1. The second-order valence-corrected chi connectivity index (χ2v) is 4.06. The fraction of sp³-hybridized carbons (Fsp3) is 0.667. The molecule has 1 aliphatic heterocycles. The summed E-state index contributed by atoms with van der Waals surface area (Å²) in [7, 11) is 1.34. The third-order valence-corrected chi connectivity index (χ3v) is 3.06. The first-order valence-electron chi connectivity index (χ1n) is 4.83. The number of rotatable bonds is 3. The highest BCUT2D eigenvalue weighted by molar-refractivity contribution is 8.00. The predicted octanol–water partition coefficient (Wildman–Crippen LogP) is 0.624. The fourth-order valence-corrected chi connectivity index (χ4v) is 2.37. The molecule has 16 heavy (non-hydrogen) atoms. The van der Waals surface area contributed by atoms with Crippen LogP contribution in [0.2, 0.25) is 0 Å². The van der Waals surface area contributed by atoms with E-state index in [0.29, 0.717) is 17.2 Å². The quantitative estimate of drug-likeness (QED) is 0.583. The molecular weight excluding hydrogens is 232 g/mol. The van der Waals surface area contributed by atoms with Crippen LogP contribution in [0.25, 0.3) is 0 Å². The monoisotopic (exact) mass is 246 g/mol. The largest absolute Gasteiger partial charge is 0.468 e. The Morgan fingerprint density at radius 3 is 3.00 bits per heavy atom. The van der Waals surface area contributed by atoms with Gasteiger partial charge in [-0.05, 0) is 6.92 Å². The molecule has 1 saturated heterocycles. The van der Waals surface area contributed by atoms with Crippen molar-refractivity contribution < 1.29 is 19.1 Å². The zero-order valence-corrected chi connectivity index (χ0v) is 10.0. The van der Waals surface area contributed by atoms with E-state index in [1.807, 2.05) is 0 Å². The minimum absolute atomic E-state index is 0.284. The minimum Gasteiger partial charge on any atom is -0.468 e. The van der Waals surface area contributed by atoms with Crippen molar-refractivity contribution in [3.8, 4) is 0 Å². The summed E-state index contributed by atoms with van der Waals surface area (Å²) >= 11 is 1.58. The van der Waals surface area contributed by atoms with Crippen molar-refractivity contribution in [2.45, 2.75) is 6.92 Å². The summed E-state index contributed by atoms with van der Waals surface area (Å²) < 4.78 is 9.29. The molecular formula is C9H14N2O4S. The smallest absolute Gasteiger partial charge is 0.427 e. The molecule has 0 saturated carbocycles. The lowest BCUT2D eigenvalue weighted by Crippen LogP contribution is -2.27.